The minimum Gasteiger partial charge on any atom is -0.492 e. The van der Waals surface area contributed by atoms with Gasteiger partial charge in [-0.15, -0.1) is 0 Å². The van der Waals surface area contributed by atoms with Gasteiger partial charge < -0.3 is 10.5 Å². The van der Waals surface area contributed by atoms with E-state index >= 15 is 0 Å². The third kappa shape index (κ3) is 4.19. The van der Waals surface area contributed by atoms with Gasteiger partial charge in [0.05, 0.1) is 18.5 Å². The van der Waals surface area contributed by atoms with Crippen LogP contribution < -0.4 is 10.5 Å². The number of hydrogen-bond acceptors (Lipinski definition) is 3. The van der Waals surface area contributed by atoms with Gasteiger partial charge >= 0.3 is 0 Å². The Balaban J connectivity index is 2.45. The van der Waals surface area contributed by atoms with E-state index < -0.39 is 0 Å². The molecule has 16 heavy (non-hydrogen) atoms. The molecule has 0 bridgehead atoms. The summed E-state index contributed by atoms with van der Waals surface area (Å²) in [7, 11) is 0. The molecule has 3 nitrogen and oxygen atoms in total. The molecular formula is C13H22N2O. The zero-order valence-corrected chi connectivity index (χ0v) is 10.4. The number of nitrogens with two attached hydrogens (primary N) is 1. The van der Waals surface area contributed by atoms with E-state index in [1.54, 1.807) is 6.20 Å². The van der Waals surface area contributed by atoms with Gasteiger partial charge in [0, 0.05) is 6.04 Å². The summed E-state index contributed by atoms with van der Waals surface area (Å²) < 4.78 is 5.58. The van der Waals surface area contributed by atoms with Crippen LogP contribution >= 0.6 is 0 Å². The Hall–Kier alpha value is -1.09. The lowest BCUT2D eigenvalue weighted by Crippen LogP contribution is -2.10. The summed E-state index contributed by atoms with van der Waals surface area (Å²) in [4.78, 5) is 4.30. The second-order valence-corrected chi connectivity index (χ2v) is 4.46. The van der Waals surface area contributed by atoms with Crippen LogP contribution in [-0.4, -0.2) is 11.6 Å². The molecule has 0 radical (unpaired) electrons. The summed E-state index contributed by atoms with van der Waals surface area (Å²) in [5, 5.41) is 0. The quantitative estimate of drug-likeness (QED) is 0.805. The molecule has 3 heteroatoms. The monoisotopic (exact) mass is 222 g/mol. The Morgan fingerprint density at radius 1 is 1.38 bits per heavy atom. The predicted molar refractivity (Wildman–Crippen MR) is 66.4 cm³/mol. The van der Waals surface area contributed by atoms with Crippen molar-refractivity contribution >= 4 is 0 Å². The Morgan fingerprint density at radius 2 is 2.12 bits per heavy atom. The summed E-state index contributed by atoms with van der Waals surface area (Å²) in [5.74, 6) is 1.49. The van der Waals surface area contributed by atoms with Gasteiger partial charge in [-0.05, 0) is 30.9 Å². The Kier molecular flexibility index (Phi) is 5.26. The van der Waals surface area contributed by atoms with Crippen LogP contribution in [0.15, 0.2) is 18.3 Å². The van der Waals surface area contributed by atoms with Crippen LogP contribution in [0.3, 0.4) is 0 Å². The molecule has 90 valence electrons. The average Bonchev–Trinajstić information content (AvgIpc) is 2.28. The van der Waals surface area contributed by atoms with E-state index in [4.69, 9.17) is 10.5 Å². The first kappa shape index (κ1) is 13.0. The second-order valence-electron chi connectivity index (χ2n) is 4.46. The normalized spacial score (nSPS) is 12.8. The topological polar surface area (TPSA) is 48.1 Å². The molecule has 0 unspecified atom stereocenters. The summed E-state index contributed by atoms with van der Waals surface area (Å²) in [6.45, 7) is 7.17. The lowest BCUT2D eigenvalue weighted by atomic mass is 10.1. The highest BCUT2D eigenvalue weighted by Gasteiger charge is 2.04. The van der Waals surface area contributed by atoms with Gasteiger partial charge in [0.2, 0.25) is 0 Å². The molecule has 1 aromatic rings. The Labute approximate surface area is 98.0 Å². The number of aromatic nitrogens is 1. The maximum absolute atomic E-state index is 5.88. The fraction of sp³-hybridized carbons (Fsp3) is 0.615. The van der Waals surface area contributed by atoms with Crippen LogP contribution in [0.4, 0.5) is 0 Å². The smallest absolute Gasteiger partial charge is 0.137 e. The summed E-state index contributed by atoms with van der Waals surface area (Å²) in [6.07, 6.45) is 3.72. The molecule has 1 aromatic heterocycles. The number of pyridine rings is 1. The van der Waals surface area contributed by atoms with Crippen LogP contribution in [0.1, 0.15) is 45.3 Å². The third-order valence-corrected chi connectivity index (χ3v) is 2.54. The van der Waals surface area contributed by atoms with Gasteiger partial charge in [0.1, 0.15) is 5.75 Å². The maximum atomic E-state index is 5.88. The lowest BCUT2D eigenvalue weighted by molar-refractivity contribution is 0.288. The highest BCUT2D eigenvalue weighted by atomic mass is 16.5. The van der Waals surface area contributed by atoms with Gasteiger partial charge in [-0.1, -0.05) is 20.8 Å². The minimum atomic E-state index is 0.0321. The van der Waals surface area contributed by atoms with Gasteiger partial charge in [0.25, 0.3) is 0 Å². The molecule has 1 atom stereocenters. The number of nitrogens with zero attached hydrogens (tertiary/aromatic N) is 1. The van der Waals surface area contributed by atoms with Crippen LogP contribution in [0.5, 0.6) is 5.75 Å². The molecule has 0 aliphatic carbocycles. The zero-order valence-electron chi connectivity index (χ0n) is 10.4. The van der Waals surface area contributed by atoms with Crippen molar-refractivity contribution in [1.29, 1.82) is 0 Å². The highest BCUT2D eigenvalue weighted by molar-refractivity contribution is 5.21. The molecular weight excluding hydrogens is 200 g/mol. The summed E-state index contributed by atoms with van der Waals surface area (Å²) in [6, 6.07) is 3.92. The largest absolute Gasteiger partial charge is 0.492 e. The van der Waals surface area contributed by atoms with Crippen LogP contribution in [0.2, 0.25) is 0 Å². The van der Waals surface area contributed by atoms with Gasteiger partial charge in [0.15, 0.2) is 0 Å². The number of ether oxygens (including phenoxy) is 1. The molecule has 1 heterocycles. The second kappa shape index (κ2) is 6.48. The van der Waals surface area contributed by atoms with Crippen molar-refractivity contribution in [1.82, 2.24) is 4.98 Å². The first-order chi connectivity index (χ1) is 7.63. The minimum absolute atomic E-state index is 0.0321. The van der Waals surface area contributed by atoms with E-state index in [0.29, 0.717) is 5.92 Å². The molecule has 0 aromatic carbocycles. The average molecular weight is 222 g/mol. The van der Waals surface area contributed by atoms with Crippen molar-refractivity contribution in [2.45, 2.75) is 39.7 Å². The van der Waals surface area contributed by atoms with Crippen LogP contribution in [0, 0.1) is 5.92 Å². The molecule has 0 fully saturated rings. The molecule has 0 saturated heterocycles. The van der Waals surface area contributed by atoms with E-state index in [2.05, 4.69) is 25.8 Å². The highest BCUT2D eigenvalue weighted by Crippen LogP contribution is 2.15. The first-order valence-corrected chi connectivity index (χ1v) is 5.97. The Morgan fingerprint density at radius 3 is 2.62 bits per heavy atom. The predicted octanol–water partition coefficient (Wildman–Crippen LogP) is 2.92. The van der Waals surface area contributed by atoms with E-state index in [0.717, 1.165) is 30.9 Å². The van der Waals surface area contributed by atoms with Gasteiger partial charge in [-0.25, -0.2) is 0 Å². The SMILES string of the molecule is CC[C@@H](N)c1ccc(OCCC(C)C)cn1. The standard InChI is InChI=1S/C13H22N2O/c1-4-12(14)13-6-5-11(9-15-13)16-8-7-10(2)3/h5-6,9-10,12H,4,7-8,14H2,1-3H3/t12-/m1/s1. The van der Waals surface area contributed by atoms with E-state index in [1.165, 1.54) is 0 Å². The van der Waals surface area contributed by atoms with E-state index in [9.17, 15) is 0 Å². The molecule has 0 aliphatic heterocycles. The van der Waals surface area contributed by atoms with Crippen LogP contribution in [-0.2, 0) is 0 Å². The number of rotatable bonds is 6. The van der Waals surface area contributed by atoms with Gasteiger partial charge in [-0.2, -0.15) is 0 Å². The van der Waals surface area contributed by atoms with E-state index in [-0.39, 0.29) is 6.04 Å². The molecule has 2 N–H and O–H groups in total. The van der Waals surface area contributed by atoms with Crippen molar-refractivity contribution in [3.8, 4) is 5.75 Å². The van der Waals surface area contributed by atoms with E-state index in [1.807, 2.05) is 12.1 Å². The molecule has 1 rings (SSSR count). The number of hydrogen-bond donors (Lipinski definition) is 1. The molecule has 0 amide bonds. The van der Waals surface area contributed by atoms with Crippen molar-refractivity contribution in [2.24, 2.45) is 11.7 Å². The third-order valence-electron chi connectivity index (χ3n) is 2.54. The van der Waals surface area contributed by atoms with Crippen molar-refractivity contribution in [2.75, 3.05) is 6.61 Å². The van der Waals surface area contributed by atoms with Gasteiger partial charge in [-0.3, -0.25) is 4.98 Å². The Bertz CT molecular complexity index is 295. The fourth-order valence-electron chi connectivity index (χ4n) is 1.32. The van der Waals surface area contributed by atoms with Crippen molar-refractivity contribution in [3.05, 3.63) is 24.0 Å². The molecule has 0 spiro atoms. The van der Waals surface area contributed by atoms with Crippen molar-refractivity contribution < 1.29 is 4.74 Å². The first-order valence-electron chi connectivity index (χ1n) is 5.97. The van der Waals surface area contributed by atoms with Crippen LogP contribution in [0.25, 0.3) is 0 Å². The van der Waals surface area contributed by atoms with Crippen molar-refractivity contribution in [3.63, 3.8) is 0 Å². The summed E-state index contributed by atoms with van der Waals surface area (Å²) in [5.41, 5.74) is 6.81. The lowest BCUT2D eigenvalue weighted by Gasteiger charge is -2.10. The molecule has 0 aliphatic rings. The molecule has 0 saturated carbocycles. The zero-order chi connectivity index (χ0) is 12.0. The fourth-order valence-corrected chi connectivity index (χ4v) is 1.32. The summed E-state index contributed by atoms with van der Waals surface area (Å²) >= 11 is 0. The maximum Gasteiger partial charge on any atom is 0.137 e.